The van der Waals surface area contributed by atoms with E-state index in [2.05, 4.69) is 15.2 Å². The van der Waals surface area contributed by atoms with Crippen LogP contribution in [0.2, 0.25) is 0 Å². The molecule has 1 atom stereocenters. The number of aliphatic carboxylic acids is 1. The number of carbonyl (C=O) groups is 1. The summed E-state index contributed by atoms with van der Waals surface area (Å²) < 4.78 is 14.0. The van der Waals surface area contributed by atoms with E-state index in [-0.39, 0.29) is 12.5 Å². The van der Waals surface area contributed by atoms with Gasteiger partial charge in [-0.2, -0.15) is 0 Å². The van der Waals surface area contributed by atoms with Crippen LogP contribution < -0.4 is 4.90 Å². The minimum absolute atomic E-state index is 0.195. The lowest BCUT2D eigenvalue weighted by atomic mass is 9.98. The molecule has 3 rings (SSSR count). The average Bonchev–Trinajstić information content (AvgIpc) is 2.90. The number of anilines is 1. The first kappa shape index (κ1) is 13.8. The van der Waals surface area contributed by atoms with E-state index >= 15 is 0 Å². The zero-order valence-electron chi connectivity index (χ0n) is 11.6. The summed E-state index contributed by atoms with van der Waals surface area (Å²) in [5, 5.41) is 17.1. The highest BCUT2D eigenvalue weighted by molar-refractivity contribution is 5.79. The lowest BCUT2D eigenvalue weighted by Gasteiger charge is -2.32. The van der Waals surface area contributed by atoms with Crippen LogP contribution in [0.4, 0.5) is 10.1 Å². The van der Waals surface area contributed by atoms with E-state index in [9.17, 15) is 9.18 Å². The number of aryl methyl sites for hydroxylation is 1. The number of carboxylic acids is 1. The molecule has 1 aliphatic heterocycles. The molecule has 0 bridgehead atoms. The highest BCUT2D eigenvalue weighted by atomic mass is 19.1. The predicted octanol–water partition coefficient (Wildman–Crippen LogP) is 1.70. The Morgan fingerprint density at radius 3 is 3.10 bits per heavy atom. The summed E-state index contributed by atoms with van der Waals surface area (Å²) in [4.78, 5) is 13.2. The number of carboxylic acid groups (broad SMARTS) is 1. The molecule has 1 aliphatic rings. The van der Waals surface area contributed by atoms with Gasteiger partial charge in [0.25, 0.3) is 0 Å². The number of hydrogen-bond donors (Lipinski definition) is 1. The Bertz CT molecular complexity index is 657. The van der Waals surface area contributed by atoms with Crippen LogP contribution in [-0.4, -0.2) is 45.8 Å². The van der Waals surface area contributed by atoms with Crippen molar-refractivity contribution < 1.29 is 14.3 Å². The van der Waals surface area contributed by atoms with Crippen molar-refractivity contribution in [3.05, 3.63) is 18.2 Å². The van der Waals surface area contributed by atoms with E-state index < -0.39 is 12.6 Å². The molecule has 21 heavy (non-hydrogen) atoms. The first-order chi connectivity index (χ1) is 10.2. The first-order valence-electron chi connectivity index (χ1n) is 7.06. The quantitative estimate of drug-likeness (QED) is 0.928. The van der Waals surface area contributed by atoms with Gasteiger partial charge in [-0.3, -0.25) is 4.79 Å². The Kier molecular flexibility index (Phi) is 3.72. The molecule has 0 amide bonds. The average molecular weight is 292 g/mol. The van der Waals surface area contributed by atoms with Gasteiger partial charge in [0.05, 0.1) is 18.0 Å². The Balaban J connectivity index is 1.85. The Hall–Kier alpha value is -2.18. The molecule has 0 aliphatic carbocycles. The van der Waals surface area contributed by atoms with Crippen LogP contribution in [0.5, 0.6) is 0 Å². The van der Waals surface area contributed by atoms with Crippen molar-refractivity contribution in [2.24, 2.45) is 5.92 Å². The second-order valence-electron chi connectivity index (χ2n) is 5.30. The zero-order valence-corrected chi connectivity index (χ0v) is 11.6. The minimum atomic E-state index is -0.741. The van der Waals surface area contributed by atoms with Crippen LogP contribution in [-0.2, 0) is 11.3 Å². The number of aromatic nitrogens is 3. The fourth-order valence-corrected chi connectivity index (χ4v) is 2.82. The number of rotatable bonds is 4. The maximum atomic E-state index is 12.4. The summed E-state index contributed by atoms with van der Waals surface area (Å²) in [6.45, 7) is 1.07. The molecule has 1 saturated heterocycles. The van der Waals surface area contributed by atoms with Gasteiger partial charge >= 0.3 is 5.97 Å². The molecule has 0 saturated carbocycles. The van der Waals surface area contributed by atoms with E-state index in [4.69, 9.17) is 5.11 Å². The number of nitrogens with zero attached hydrogens (tertiary/aromatic N) is 4. The summed E-state index contributed by atoms with van der Waals surface area (Å²) in [5.41, 5.74) is 2.45. The van der Waals surface area contributed by atoms with E-state index in [1.807, 2.05) is 18.2 Å². The van der Waals surface area contributed by atoms with Crippen LogP contribution >= 0.6 is 0 Å². The number of halogens is 1. The van der Waals surface area contributed by atoms with Gasteiger partial charge in [0.1, 0.15) is 12.2 Å². The fourth-order valence-electron chi connectivity index (χ4n) is 2.82. The molecule has 0 spiro atoms. The van der Waals surface area contributed by atoms with Gasteiger partial charge in [-0.1, -0.05) is 5.21 Å². The van der Waals surface area contributed by atoms with E-state index in [1.165, 1.54) is 4.68 Å². The zero-order chi connectivity index (χ0) is 14.8. The van der Waals surface area contributed by atoms with Crippen LogP contribution in [0.25, 0.3) is 11.0 Å². The Morgan fingerprint density at radius 1 is 1.48 bits per heavy atom. The number of hydrogen-bond acceptors (Lipinski definition) is 4. The molecule has 2 heterocycles. The molecule has 1 unspecified atom stereocenters. The van der Waals surface area contributed by atoms with Crippen LogP contribution in [0, 0.1) is 5.92 Å². The third kappa shape index (κ3) is 2.68. The highest BCUT2D eigenvalue weighted by Crippen LogP contribution is 2.26. The molecule has 2 aromatic rings. The van der Waals surface area contributed by atoms with Crippen molar-refractivity contribution in [2.75, 3.05) is 24.7 Å². The third-order valence-electron chi connectivity index (χ3n) is 3.93. The maximum absolute atomic E-state index is 12.4. The van der Waals surface area contributed by atoms with Gasteiger partial charge in [0.15, 0.2) is 0 Å². The molecule has 6 nitrogen and oxygen atoms in total. The summed E-state index contributed by atoms with van der Waals surface area (Å²) in [6.07, 6.45) is 1.59. The topological polar surface area (TPSA) is 71.2 Å². The third-order valence-corrected chi connectivity index (χ3v) is 3.93. The molecule has 7 heteroatoms. The van der Waals surface area contributed by atoms with Crippen LogP contribution in [0.3, 0.4) is 0 Å². The lowest BCUT2D eigenvalue weighted by Crippen LogP contribution is -2.38. The number of fused-ring (bicyclic) bond motifs is 1. The second kappa shape index (κ2) is 5.67. The van der Waals surface area contributed by atoms with Crippen LogP contribution in [0.1, 0.15) is 12.8 Å². The van der Waals surface area contributed by atoms with Gasteiger partial charge in [-0.25, -0.2) is 9.07 Å². The molecule has 1 N–H and O–H groups in total. The standard InChI is InChI=1S/C14H17FN4O2/c15-5-7-19-13-4-3-11(8-12(13)16-17-19)18-6-1-2-10(9-18)14(20)21/h3-4,8,10H,1-2,5-7,9H2,(H,20,21). The Morgan fingerprint density at radius 2 is 2.33 bits per heavy atom. The van der Waals surface area contributed by atoms with Crippen molar-refractivity contribution in [2.45, 2.75) is 19.4 Å². The molecule has 1 fully saturated rings. The van der Waals surface area contributed by atoms with Crippen molar-refractivity contribution in [3.63, 3.8) is 0 Å². The van der Waals surface area contributed by atoms with Gasteiger partial charge < -0.3 is 10.0 Å². The molecule has 1 aromatic heterocycles. The summed E-state index contributed by atoms with van der Waals surface area (Å²) in [6, 6.07) is 5.68. The molecule has 112 valence electrons. The molecule has 0 radical (unpaired) electrons. The first-order valence-corrected chi connectivity index (χ1v) is 7.06. The normalized spacial score (nSPS) is 19.1. The summed E-state index contributed by atoms with van der Waals surface area (Å²) in [7, 11) is 0. The summed E-state index contributed by atoms with van der Waals surface area (Å²) in [5.74, 6) is -1.06. The van der Waals surface area contributed by atoms with Gasteiger partial charge in [-0.15, -0.1) is 5.10 Å². The summed E-state index contributed by atoms with van der Waals surface area (Å²) >= 11 is 0. The van der Waals surface area contributed by atoms with E-state index in [0.717, 1.165) is 30.6 Å². The Labute approximate surface area is 121 Å². The van der Waals surface area contributed by atoms with Crippen molar-refractivity contribution in [3.8, 4) is 0 Å². The number of piperidine rings is 1. The fraction of sp³-hybridized carbons (Fsp3) is 0.500. The predicted molar refractivity (Wildman–Crippen MR) is 76.1 cm³/mol. The van der Waals surface area contributed by atoms with Gasteiger partial charge in [-0.05, 0) is 31.0 Å². The lowest BCUT2D eigenvalue weighted by molar-refractivity contribution is -0.141. The van der Waals surface area contributed by atoms with E-state index in [1.54, 1.807) is 0 Å². The monoisotopic (exact) mass is 292 g/mol. The smallest absolute Gasteiger partial charge is 0.308 e. The molecular weight excluding hydrogens is 275 g/mol. The largest absolute Gasteiger partial charge is 0.481 e. The number of benzene rings is 1. The minimum Gasteiger partial charge on any atom is -0.481 e. The second-order valence-corrected chi connectivity index (χ2v) is 5.30. The maximum Gasteiger partial charge on any atom is 0.308 e. The van der Waals surface area contributed by atoms with Crippen LogP contribution in [0.15, 0.2) is 18.2 Å². The van der Waals surface area contributed by atoms with Gasteiger partial charge in [0.2, 0.25) is 0 Å². The highest BCUT2D eigenvalue weighted by Gasteiger charge is 2.25. The van der Waals surface area contributed by atoms with E-state index in [0.29, 0.717) is 12.1 Å². The number of alkyl halides is 1. The molecular formula is C14H17FN4O2. The van der Waals surface area contributed by atoms with Crippen molar-refractivity contribution in [1.82, 2.24) is 15.0 Å². The molecule has 1 aromatic carbocycles. The SMILES string of the molecule is O=C(O)C1CCCN(c2ccc3c(c2)nnn3CCF)C1. The van der Waals surface area contributed by atoms with Crippen molar-refractivity contribution in [1.29, 1.82) is 0 Å². The van der Waals surface area contributed by atoms with Gasteiger partial charge in [0, 0.05) is 18.8 Å². The van der Waals surface area contributed by atoms with Crippen molar-refractivity contribution >= 4 is 22.7 Å².